The molecule has 0 saturated carbocycles. The van der Waals surface area contributed by atoms with Crippen LogP contribution in [0.1, 0.15) is 36.6 Å². The monoisotopic (exact) mass is 539 g/mol. The number of nitrogens with zero attached hydrogens (tertiary/aromatic N) is 3. The van der Waals surface area contributed by atoms with Gasteiger partial charge in [-0.05, 0) is 66.0 Å². The molecule has 0 fully saturated rings. The number of benzene rings is 2. The Morgan fingerprint density at radius 3 is 2.53 bits per heavy atom. The Balaban J connectivity index is 1.91. The van der Waals surface area contributed by atoms with E-state index in [1.807, 2.05) is 74.5 Å². The Morgan fingerprint density at radius 1 is 1.21 bits per heavy atom. The largest absolute Gasteiger partial charge is 0.463 e. The van der Waals surface area contributed by atoms with Crippen molar-refractivity contribution >= 4 is 45.0 Å². The van der Waals surface area contributed by atoms with Gasteiger partial charge in [0.25, 0.3) is 5.56 Å². The number of fused-ring (bicyclic) bond motifs is 1. The standard InChI is InChI=1S/C26H26BrN3O3S/c1-6-33-25(32)22-16(3)28-26-30(23(22)18-10-7-15(2)8-11-18)24(31)21(34-26)14-17-9-12-20(29(4)5)19(27)13-17/h7-14,23H,6H2,1-5H3. The molecule has 1 aromatic heterocycles. The Labute approximate surface area is 210 Å². The van der Waals surface area contributed by atoms with E-state index >= 15 is 0 Å². The van der Waals surface area contributed by atoms with Gasteiger partial charge in [-0.1, -0.05) is 47.2 Å². The van der Waals surface area contributed by atoms with Crippen LogP contribution in [0.5, 0.6) is 0 Å². The second-order valence-electron chi connectivity index (χ2n) is 8.32. The molecule has 3 aromatic rings. The van der Waals surface area contributed by atoms with E-state index < -0.39 is 12.0 Å². The first-order chi connectivity index (χ1) is 16.2. The zero-order valence-electron chi connectivity index (χ0n) is 19.8. The summed E-state index contributed by atoms with van der Waals surface area (Å²) in [7, 11) is 3.96. The number of rotatable bonds is 5. The Kier molecular flexibility index (Phi) is 6.91. The second kappa shape index (κ2) is 9.72. The third kappa shape index (κ3) is 4.52. The molecule has 0 bridgehead atoms. The summed E-state index contributed by atoms with van der Waals surface area (Å²) >= 11 is 4.93. The number of thiazole rings is 1. The Hall–Kier alpha value is -2.97. The highest BCUT2D eigenvalue weighted by atomic mass is 79.9. The van der Waals surface area contributed by atoms with Gasteiger partial charge in [0.1, 0.15) is 0 Å². The third-order valence-corrected chi connectivity index (χ3v) is 7.28. The van der Waals surface area contributed by atoms with Crippen LogP contribution in [0.2, 0.25) is 0 Å². The number of aryl methyl sites for hydroxylation is 1. The molecule has 0 N–H and O–H groups in total. The van der Waals surface area contributed by atoms with Gasteiger partial charge in [-0.25, -0.2) is 9.79 Å². The average Bonchev–Trinajstić information content (AvgIpc) is 3.08. The van der Waals surface area contributed by atoms with Crippen LogP contribution in [0.15, 0.2) is 68.0 Å². The molecule has 1 unspecified atom stereocenters. The van der Waals surface area contributed by atoms with Gasteiger partial charge < -0.3 is 9.64 Å². The number of halogens is 1. The topological polar surface area (TPSA) is 63.9 Å². The lowest BCUT2D eigenvalue weighted by molar-refractivity contribution is -0.139. The fourth-order valence-corrected chi connectivity index (χ4v) is 5.78. The average molecular weight is 540 g/mol. The van der Waals surface area contributed by atoms with Gasteiger partial charge in [-0.3, -0.25) is 9.36 Å². The van der Waals surface area contributed by atoms with Gasteiger partial charge in [0.2, 0.25) is 0 Å². The number of ether oxygens (including phenoxy) is 1. The molecule has 0 aliphatic carbocycles. The minimum Gasteiger partial charge on any atom is -0.463 e. The van der Waals surface area contributed by atoms with Gasteiger partial charge in [-0.2, -0.15) is 0 Å². The molecule has 6 nitrogen and oxygen atoms in total. The van der Waals surface area contributed by atoms with E-state index in [1.54, 1.807) is 18.4 Å². The minimum atomic E-state index is -0.596. The molecule has 2 aromatic carbocycles. The van der Waals surface area contributed by atoms with Crippen LogP contribution < -0.4 is 19.8 Å². The van der Waals surface area contributed by atoms with Crippen LogP contribution >= 0.6 is 27.3 Å². The van der Waals surface area contributed by atoms with E-state index in [-0.39, 0.29) is 12.2 Å². The van der Waals surface area contributed by atoms with Crippen molar-refractivity contribution in [2.45, 2.75) is 26.8 Å². The predicted molar refractivity (Wildman–Crippen MR) is 140 cm³/mol. The lowest BCUT2D eigenvalue weighted by Crippen LogP contribution is -2.39. The van der Waals surface area contributed by atoms with Crippen LogP contribution in [0.3, 0.4) is 0 Å². The van der Waals surface area contributed by atoms with Gasteiger partial charge in [0.05, 0.1) is 34.1 Å². The summed E-state index contributed by atoms with van der Waals surface area (Å²) in [6, 6.07) is 13.2. The highest BCUT2D eigenvalue weighted by molar-refractivity contribution is 9.10. The first-order valence-corrected chi connectivity index (χ1v) is 12.5. The number of carbonyl (C=O) groups is 1. The van der Waals surface area contributed by atoms with Crippen molar-refractivity contribution in [3.05, 3.63) is 94.6 Å². The smallest absolute Gasteiger partial charge is 0.338 e. The van der Waals surface area contributed by atoms with E-state index in [9.17, 15) is 9.59 Å². The third-order valence-electron chi connectivity index (χ3n) is 5.66. The number of hydrogen-bond donors (Lipinski definition) is 0. The molecule has 0 amide bonds. The summed E-state index contributed by atoms with van der Waals surface area (Å²) in [5, 5.41) is 0. The Morgan fingerprint density at radius 2 is 1.91 bits per heavy atom. The fourth-order valence-electron chi connectivity index (χ4n) is 3.98. The highest BCUT2D eigenvalue weighted by Gasteiger charge is 2.33. The van der Waals surface area contributed by atoms with E-state index in [1.165, 1.54) is 11.3 Å². The van der Waals surface area contributed by atoms with Gasteiger partial charge in [-0.15, -0.1) is 0 Å². The van der Waals surface area contributed by atoms with Crippen LogP contribution in [0.4, 0.5) is 5.69 Å². The summed E-state index contributed by atoms with van der Waals surface area (Å²) in [6.07, 6.45) is 1.86. The second-order valence-corrected chi connectivity index (χ2v) is 10.2. The first-order valence-electron chi connectivity index (χ1n) is 10.9. The first kappa shape index (κ1) is 24.2. The zero-order chi connectivity index (χ0) is 24.6. The summed E-state index contributed by atoms with van der Waals surface area (Å²) in [4.78, 5) is 33.8. The van der Waals surface area contributed by atoms with E-state index in [0.29, 0.717) is 20.6 Å². The van der Waals surface area contributed by atoms with Crippen LogP contribution in [-0.2, 0) is 9.53 Å². The minimum absolute atomic E-state index is 0.184. The van der Waals surface area contributed by atoms with Crippen molar-refractivity contribution in [2.75, 3.05) is 25.6 Å². The molecule has 0 saturated heterocycles. The number of carbonyl (C=O) groups excluding carboxylic acids is 1. The summed E-state index contributed by atoms with van der Waals surface area (Å²) in [5.41, 5.74) is 4.66. The van der Waals surface area contributed by atoms with Crippen LogP contribution in [-0.4, -0.2) is 31.2 Å². The molecule has 2 heterocycles. The maximum atomic E-state index is 13.6. The van der Waals surface area contributed by atoms with Crippen molar-refractivity contribution in [1.82, 2.24) is 4.57 Å². The normalized spacial score (nSPS) is 15.7. The van der Waals surface area contributed by atoms with Gasteiger partial charge in [0, 0.05) is 18.6 Å². The summed E-state index contributed by atoms with van der Waals surface area (Å²) in [5.74, 6) is -0.452. The Bertz CT molecular complexity index is 1470. The molecule has 1 atom stereocenters. The molecule has 4 rings (SSSR count). The van der Waals surface area contributed by atoms with Crippen molar-refractivity contribution in [3.8, 4) is 0 Å². The summed E-state index contributed by atoms with van der Waals surface area (Å²) in [6.45, 7) is 5.81. The zero-order valence-corrected chi connectivity index (χ0v) is 22.2. The number of allylic oxidation sites excluding steroid dienone is 1. The van der Waals surface area contributed by atoms with Crippen LogP contribution in [0.25, 0.3) is 6.08 Å². The highest BCUT2D eigenvalue weighted by Crippen LogP contribution is 2.31. The summed E-state index contributed by atoms with van der Waals surface area (Å²) < 4.78 is 8.45. The number of esters is 1. The number of aromatic nitrogens is 1. The lowest BCUT2D eigenvalue weighted by atomic mass is 9.95. The fraction of sp³-hybridized carbons (Fsp3) is 0.269. The molecule has 176 valence electrons. The van der Waals surface area contributed by atoms with Crippen molar-refractivity contribution < 1.29 is 9.53 Å². The van der Waals surface area contributed by atoms with E-state index in [2.05, 4.69) is 20.9 Å². The number of anilines is 1. The molecular weight excluding hydrogens is 514 g/mol. The molecule has 0 spiro atoms. The quantitative estimate of drug-likeness (QED) is 0.460. The van der Waals surface area contributed by atoms with E-state index in [4.69, 9.17) is 4.74 Å². The molecule has 34 heavy (non-hydrogen) atoms. The molecule has 0 radical (unpaired) electrons. The van der Waals surface area contributed by atoms with E-state index in [0.717, 1.165) is 26.9 Å². The van der Waals surface area contributed by atoms with Gasteiger partial charge >= 0.3 is 5.97 Å². The molecule has 1 aliphatic heterocycles. The van der Waals surface area contributed by atoms with Crippen molar-refractivity contribution in [1.29, 1.82) is 0 Å². The predicted octanol–water partition coefficient (Wildman–Crippen LogP) is 3.94. The van der Waals surface area contributed by atoms with Crippen molar-refractivity contribution in [3.63, 3.8) is 0 Å². The molecule has 1 aliphatic rings. The van der Waals surface area contributed by atoms with Crippen LogP contribution in [0, 0.1) is 6.92 Å². The molecule has 8 heteroatoms. The van der Waals surface area contributed by atoms with Crippen molar-refractivity contribution in [2.24, 2.45) is 4.99 Å². The molecular formula is C26H26BrN3O3S. The lowest BCUT2D eigenvalue weighted by Gasteiger charge is -2.24. The van der Waals surface area contributed by atoms with Gasteiger partial charge in [0.15, 0.2) is 4.80 Å². The maximum absolute atomic E-state index is 13.6. The maximum Gasteiger partial charge on any atom is 0.338 e. The number of hydrogen-bond acceptors (Lipinski definition) is 6. The SMILES string of the molecule is CCOC(=O)C1=C(C)N=c2sc(=Cc3ccc(N(C)C)c(Br)c3)c(=O)n2C1c1ccc(C)cc1.